The third-order valence-electron chi connectivity index (χ3n) is 4.72. The van der Waals surface area contributed by atoms with Gasteiger partial charge in [-0.2, -0.15) is 0 Å². The average molecular weight is 308 g/mol. The van der Waals surface area contributed by atoms with Crippen LogP contribution in [0.2, 0.25) is 0 Å². The van der Waals surface area contributed by atoms with E-state index in [1.165, 1.54) is 12.8 Å². The van der Waals surface area contributed by atoms with Gasteiger partial charge in [0.05, 0.1) is 11.3 Å². The summed E-state index contributed by atoms with van der Waals surface area (Å²) in [5.41, 5.74) is 1.14. The molecule has 2 N–H and O–H groups in total. The molecule has 5 nitrogen and oxygen atoms in total. The molecule has 0 aliphatic heterocycles. The zero-order valence-electron chi connectivity index (χ0n) is 13.9. The van der Waals surface area contributed by atoms with Gasteiger partial charge in [-0.3, -0.25) is 4.79 Å². The first-order valence-electron chi connectivity index (χ1n) is 8.33. The summed E-state index contributed by atoms with van der Waals surface area (Å²) in [6, 6.07) is 0. The summed E-state index contributed by atoms with van der Waals surface area (Å²) in [6.07, 6.45) is 6.40. The number of carbonyl (C=O) groups excluding carboxylic acids is 1. The van der Waals surface area contributed by atoms with Gasteiger partial charge >= 0.3 is 0 Å². The molecule has 0 radical (unpaired) electrons. The van der Waals surface area contributed by atoms with Crippen LogP contribution in [0.25, 0.3) is 0 Å². The maximum absolute atomic E-state index is 12.2. The fourth-order valence-corrected chi connectivity index (χ4v) is 3.47. The largest absolute Gasteiger partial charge is 0.388 e. The van der Waals surface area contributed by atoms with Crippen LogP contribution in [-0.2, 0) is 4.79 Å². The van der Waals surface area contributed by atoms with Gasteiger partial charge in [-0.05, 0) is 32.6 Å². The summed E-state index contributed by atoms with van der Waals surface area (Å²) in [7, 11) is 0. The maximum Gasteiger partial charge on any atom is 0.220 e. The Morgan fingerprint density at radius 1 is 1.32 bits per heavy atom. The minimum atomic E-state index is -0.724. The molecule has 1 amide bonds. The highest BCUT2D eigenvalue weighted by atomic mass is 16.5. The van der Waals surface area contributed by atoms with E-state index in [9.17, 15) is 9.90 Å². The lowest BCUT2D eigenvalue weighted by Crippen LogP contribution is -2.42. The summed E-state index contributed by atoms with van der Waals surface area (Å²) in [5.74, 6) is 0.820. The summed E-state index contributed by atoms with van der Waals surface area (Å²) in [5, 5.41) is 17.4. The number of rotatable bonds is 5. The third kappa shape index (κ3) is 4.32. The van der Waals surface area contributed by atoms with Crippen LogP contribution in [-0.4, -0.2) is 28.3 Å². The van der Waals surface area contributed by atoms with Crippen molar-refractivity contribution in [3.05, 3.63) is 17.0 Å². The van der Waals surface area contributed by atoms with Gasteiger partial charge in [0.15, 0.2) is 0 Å². The second-order valence-corrected chi connectivity index (χ2v) is 6.76. The van der Waals surface area contributed by atoms with Gasteiger partial charge < -0.3 is 14.9 Å². The fraction of sp³-hybridized carbons (Fsp3) is 0.765. The van der Waals surface area contributed by atoms with Gasteiger partial charge in [0, 0.05) is 18.5 Å². The van der Waals surface area contributed by atoms with E-state index in [2.05, 4.69) is 10.5 Å². The topological polar surface area (TPSA) is 75.4 Å². The molecule has 0 spiro atoms. The molecule has 1 aromatic rings. The number of hydrogen-bond donors (Lipinski definition) is 2. The van der Waals surface area contributed by atoms with E-state index in [1.807, 2.05) is 20.8 Å². The molecule has 0 aromatic carbocycles. The number of amides is 1. The van der Waals surface area contributed by atoms with E-state index < -0.39 is 5.60 Å². The van der Waals surface area contributed by atoms with Gasteiger partial charge in [0.2, 0.25) is 5.91 Å². The molecule has 1 unspecified atom stereocenters. The number of hydrogen-bond acceptors (Lipinski definition) is 4. The number of nitrogens with one attached hydrogen (secondary N) is 1. The Morgan fingerprint density at radius 3 is 2.50 bits per heavy atom. The van der Waals surface area contributed by atoms with Crippen molar-refractivity contribution in [2.75, 3.05) is 6.54 Å². The molecular formula is C17H28N2O3. The molecule has 22 heavy (non-hydrogen) atoms. The summed E-state index contributed by atoms with van der Waals surface area (Å²) >= 11 is 0. The first-order chi connectivity index (χ1) is 10.4. The van der Waals surface area contributed by atoms with Crippen molar-refractivity contribution in [2.45, 2.75) is 77.2 Å². The third-order valence-corrected chi connectivity index (χ3v) is 4.72. The number of carbonyl (C=O) groups is 1. The fourth-order valence-electron chi connectivity index (χ4n) is 3.47. The SMILES string of the molecule is Cc1noc(C)c1C(C)CC(=O)NCC1(O)CCCCCC1. The zero-order chi connectivity index (χ0) is 16.2. The van der Waals surface area contributed by atoms with Crippen molar-refractivity contribution in [2.24, 2.45) is 0 Å². The summed E-state index contributed by atoms with van der Waals surface area (Å²) in [4.78, 5) is 12.2. The highest BCUT2D eigenvalue weighted by Gasteiger charge is 2.28. The smallest absolute Gasteiger partial charge is 0.220 e. The van der Waals surface area contributed by atoms with E-state index in [0.29, 0.717) is 13.0 Å². The molecular weight excluding hydrogens is 280 g/mol. The molecule has 1 fully saturated rings. The first kappa shape index (κ1) is 17.0. The summed E-state index contributed by atoms with van der Waals surface area (Å²) < 4.78 is 5.16. The van der Waals surface area contributed by atoms with Crippen LogP contribution in [0.3, 0.4) is 0 Å². The van der Waals surface area contributed by atoms with Crippen molar-refractivity contribution in [1.29, 1.82) is 0 Å². The molecule has 5 heteroatoms. The second kappa shape index (κ2) is 7.27. The predicted molar refractivity (Wildman–Crippen MR) is 84.7 cm³/mol. The molecule has 1 aliphatic carbocycles. The van der Waals surface area contributed by atoms with Crippen LogP contribution in [0.1, 0.15) is 74.8 Å². The van der Waals surface area contributed by atoms with Crippen molar-refractivity contribution in [1.82, 2.24) is 10.5 Å². The number of aryl methyl sites for hydroxylation is 2. The van der Waals surface area contributed by atoms with Crippen molar-refractivity contribution in [3.63, 3.8) is 0 Å². The molecule has 2 rings (SSSR count). The van der Waals surface area contributed by atoms with Crippen LogP contribution in [0.5, 0.6) is 0 Å². The average Bonchev–Trinajstić information content (AvgIpc) is 2.67. The van der Waals surface area contributed by atoms with Gasteiger partial charge in [-0.15, -0.1) is 0 Å². The normalized spacial score (nSPS) is 19.5. The van der Waals surface area contributed by atoms with E-state index in [-0.39, 0.29) is 11.8 Å². The molecule has 1 saturated carbocycles. The molecule has 124 valence electrons. The summed E-state index contributed by atoms with van der Waals surface area (Å²) in [6.45, 7) is 6.14. The Kier molecular flexibility index (Phi) is 5.62. The molecule has 0 bridgehead atoms. The maximum atomic E-state index is 12.2. The van der Waals surface area contributed by atoms with Crippen LogP contribution < -0.4 is 5.32 Å². The van der Waals surface area contributed by atoms with Crippen LogP contribution >= 0.6 is 0 Å². The Bertz CT molecular complexity index is 483. The van der Waals surface area contributed by atoms with Crippen molar-refractivity contribution < 1.29 is 14.4 Å². The number of aliphatic hydroxyl groups is 1. The lowest BCUT2D eigenvalue weighted by Gasteiger charge is -2.27. The van der Waals surface area contributed by atoms with E-state index in [1.54, 1.807) is 0 Å². The standard InChI is InChI=1S/C17H28N2O3/c1-12(16-13(2)19-22-14(16)3)10-15(20)18-11-17(21)8-6-4-5-7-9-17/h12,21H,4-11H2,1-3H3,(H,18,20). The lowest BCUT2D eigenvalue weighted by atomic mass is 9.93. The quantitative estimate of drug-likeness (QED) is 0.820. The van der Waals surface area contributed by atoms with E-state index >= 15 is 0 Å². The van der Waals surface area contributed by atoms with Gasteiger partial charge in [0.1, 0.15) is 5.76 Å². The Hall–Kier alpha value is -1.36. The zero-order valence-corrected chi connectivity index (χ0v) is 13.9. The Balaban J connectivity index is 1.85. The lowest BCUT2D eigenvalue weighted by molar-refractivity contribution is -0.122. The molecule has 1 heterocycles. The molecule has 0 saturated heterocycles. The molecule has 1 aliphatic rings. The van der Waals surface area contributed by atoms with E-state index in [4.69, 9.17) is 4.52 Å². The van der Waals surface area contributed by atoms with Crippen molar-refractivity contribution >= 4 is 5.91 Å². The number of nitrogens with zero attached hydrogens (tertiary/aromatic N) is 1. The molecule has 1 atom stereocenters. The monoisotopic (exact) mass is 308 g/mol. The highest BCUT2D eigenvalue weighted by molar-refractivity contribution is 5.77. The minimum Gasteiger partial charge on any atom is -0.388 e. The predicted octanol–water partition coefficient (Wildman–Crippen LogP) is 2.99. The minimum absolute atomic E-state index is 0.0230. The van der Waals surface area contributed by atoms with E-state index in [0.717, 1.165) is 42.7 Å². The van der Waals surface area contributed by atoms with Gasteiger partial charge in [0.25, 0.3) is 0 Å². The highest BCUT2D eigenvalue weighted by Crippen LogP contribution is 2.27. The van der Waals surface area contributed by atoms with Crippen LogP contribution in [0, 0.1) is 13.8 Å². The number of aromatic nitrogens is 1. The van der Waals surface area contributed by atoms with Gasteiger partial charge in [-0.1, -0.05) is 37.8 Å². The van der Waals surface area contributed by atoms with Crippen LogP contribution in [0.4, 0.5) is 0 Å². The Labute approximate surface area is 132 Å². The van der Waals surface area contributed by atoms with Crippen LogP contribution in [0.15, 0.2) is 4.52 Å². The molecule has 1 aromatic heterocycles. The van der Waals surface area contributed by atoms with Gasteiger partial charge in [-0.25, -0.2) is 0 Å². The first-order valence-corrected chi connectivity index (χ1v) is 8.33. The Morgan fingerprint density at radius 2 is 1.95 bits per heavy atom. The second-order valence-electron chi connectivity index (χ2n) is 6.76. The van der Waals surface area contributed by atoms with Crippen molar-refractivity contribution in [3.8, 4) is 0 Å².